The molecule has 29 heavy (non-hydrogen) atoms. The predicted molar refractivity (Wildman–Crippen MR) is 122 cm³/mol. The molecule has 5 rings (SSSR count). The first-order valence-electron chi connectivity index (χ1n) is 10.9. The molecule has 1 aliphatic carbocycles. The Morgan fingerprint density at radius 1 is 1.03 bits per heavy atom. The van der Waals surface area contributed by atoms with E-state index < -0.39 is 0 Å². The molecule has 2 saturated heterocycles. The molecule has 0 aromatic heterocycles. The molecule has 0 bridgehead atoms. The van der Waals surface area contributed by atoms with Crippen molar-refractivity contribution in [2.45, 2.75) is 45.6 Å². The van der Waals surface area contributed by atoms with Crippen molar-refractivity contribution in [1.29, 1.82) is 0 Å². The van der Waals surface area contributed by atoms with Crippen LogP contribution in [0.15, 0.2) is 41.2 Å². The van der Waals surface area contributed by atoms with Gasteiger partial charge in [0.05, 0.1) is 20.8 Å². The number of nitrogens with zero attached hydrogens (tertiary/aromatic N) is 3. The Kier molecular flexibility index (Phi) is 4.83. The molecule has 0 unspecified atom stereocenters. The van der Waals surface area contributed by atoms with Crippen LogP contribution in [0.3, 0.4) is 0 Å². The fourth-order valence-corrected chi connectivity index (χ4v) is 6.15. The summed E-state index contributed by atoms with van der Waals surface area (Å²) in [6.45, 7) is 9.46. The number of likely N-dealkylation sites (tertiary alicyclic amines) is 1. The number of aromatic nitrogens is 1. The van der Waals surface area contributed by atoms with Crippen molar-refractivity contribution in [2.24, 2.45) is 5.41 Å². The smallest absolute Gasteiger partial charge is 0.180 e. The van der Waals surface area contributed by atoms with Crippen molar-refractivity contribution < 1.29 is 0 Å². The van der Waals surface area contributed by atoms with Gasteiger partial charge >= 0.3 is 0 Å². The van der Waals surface area contributed by atoms with Crippen molar-refractivity contribution in [1.82, 2.24) is 9.88 Å². The van der Waals surface area contributed by atoms with E-state index >= 15 is 0 Å². The molecule has 0 saturated carbocycles. The van der Waals surface area contributed by atoms with Gasteiger partial charge in [0.2, 0.25) is 0 Å². The van der Waals surface area contributed by atoms with E-state index in [0.717, 1.165) is 33.9 Å². The maximum Gasteiger partial charge on any atom is 0.180 e. The molecule has 3 heterocycles. The third kappa shape index (κ3) is 3.66. The Morgan fingerprint density at radius 3 is 2.66 bits per heavy atom. The van der Waals surface area contributed by atoms with Gasteiger partial charge in [0.25, 0.3) is 0 Å². The average molecular weight is 408 g/mol. The van der Waals surface area contributed by atoms with Crippen LogP contribution >= 0.6 is 11.3 Å². The summed E-state index contributed by atoms with van der Waals surface area (Å²) in [4.78, 5) is 22.6. The first-order valence-corrected chi connectivity index (χ1v) is 11.7. The fourth-order valence-electron chi connectivity index (χ4n) is 5.12. The lowest BCUT2D eigenvalue weighted by Gasteiger charge is -2.49. The van der Waals surface area contributed by atoms with Gasteiger partial charge in [-0.1, -0.05) is 0 Å². The highest BCUT2D eigenvalue weighted by molar-refractivity contribution is 7.21. The lowest BCUT2D eigenvalue weighted by Crippen LogP contribution is -2.51. The summed E-state index contributed by atoms with van der Waals surface area (Å²) in [5, 5.41) is 0. The molecule has 5 heteroatoms. The van der Waals surface area contributed by atoms with Gasteiger partial charge in [0.15, 0.2) is 5.43 Å². The second kappa shape index (κ2) is 7.37. The molecule has 0 radical (unpaired) electrons. The van der Waals surface area contributed by atoms with Crippen molar-refractivity contribution >= 4 is 27.2 Å². The summed E-state index contributed by atoms with van der Waals surface area (Å²) in [6.07, 6.45) is 5.30. The van der Waals surface area contributed by atoms with Gasteiger partial charge in [-0.05, 0) is 81.8 Å². The van der Waals surface area contributed by atoms with Crippen LogP contribution in [0.5, 0.6) is 0 Å². The van der Waals surface area contributed by atoms with Crippen LogP contribution in [0.1, 0.15) is 39.5 Å². The maximum atomic E-state index is 11.7. The van der Waals surface area contributed by atoms with Crippen molar-refractivity contribution in [2.75, 3.05) is 31.1 Å². The summed E-state index contributed by atoms with van der Waals surface area (Å²) in [5.74, 6) is 0. The Balaban J connectivity index is 1.37. The topological polar surface area (TPSA) is 36.4 Å². The highest BCUT2D eigenvalue weighted by Crippen LogP contribution is 2.42. The zero-order valence-electron chi connectivity index (χ0n) is 17.4. The highest BCUT2D eigenvalue weighted by atomic mass is 32.1. The molecular weight excluding hydrogens is 378 g/mol. The van der Waals surface area contributed by atoms with E-state index in [0.29, 0.717) is 11.5 Å². The predicted octanol–water partition coefficient (Wildman–Crippen LogP) is 4.85. The highest BCUT2D eigenvalue weighted by Gasteiger charge is 2.38. The Labute approximate surface area is 176 Å². The number of piperidine rings is 2. The molecule has 4 nitrogen and oxygen atoms in total. The van der Waals surface area contributed by atoms with Crippen LogP contribution in [-0.4, -0.2) is 42.1 Å². The number of benzene rings is 2. The van der Waals surface area contributed by atoms with Crippen molar-refractivity contribution in [3.63, 3.8) is 0 Å². The standard InChI is InChI=1S/C24H29N3OS/c1-17(2)27-11-3-8-24(16-27)9-12-26(13-10-24)18-4-6-20-22(14-18)29-23-15-19(28)5-7-21(23)25-20/h4-7,14-15,17H,3,8-13,16H2,1-2H3. The first kappa shape index (κ1) is 19.0. The number of rotatable bonds is 2. The van der Waals surface area contributed by atoms with E-state index in [-0.39, 0.29) is 5.43 Å². The van der Waals surface area contributed by atoms with Gasteiger partial charge in [-0.25, -0.2) is 4.98 Å². The van der Waals surface area contributed by atoms with E-state index in [1.54, 1.807) is 23.5 Å². The zero-order chi connectivity index (χ0) is 20.0. The molecule has 1 spiro atoms. The normalized spacial score (nSPS) is 20.2. The number of anilines is 1. The van der Waals surface area contributed by atoms with Crippen molar-refractivity contribution in [3.05, 3.63) is 46.6 Å². The minimum atomic E-state index is 0.0512. The number of fused-ring (bicyclic) bond motifs is 2. The van der Waals surface area contributed by atoms with E-state index in [4.69, 9.17) is 4.98 Å². The van der Waals surface area contributed by atoms with Crippen molar-refractivity contribution in [3.8, 4) is 10.6 Å². The maximum absolute atomic E-state index is 11.7. The van der Waals surface area contributed by atoms with Gasteiger partial charge in [0.1, 0.15) is 0 Å². The van der Waals surface area contributed by atoms with Crippen LogP contribution in [0.2, 0.25) is 0 Å². The molecular formula is C24H29N3OS. The molecule has 0 amide bonds. The van der Waals surface area contributed by atoms with Gasteiger partial charge in [-0.2, -0.15) is 0 Å². The van der Waals surface area contributed by atoms with Crippen LogP contribution in [-0.2, 0) is 0 Å². The summed E-state index contributed by atoms with van der Waals surface area (Å²) in [6, 6.07) is 12.4. The molecule has 4 aliphatic rings. The summed E-state index contributed by atoms with van der Waals surface area (Å²) in [7, 11) is 0. The Bertz CT molecular complexity index is 1050. The monoisotopic (exact) mass is 407 g/mol. The Morgan fingerprint density at radius 2 is 1.86 bits per heavy atom. The van der Waals surface area contributed by atoms with Gasteiger partial charge < -0.3 is 9.80 Å². The van der Waals surface area contributed by atoms with Crippen LogP contribution in [0, 0.1) is 5.41 Å². The van der Waals surface area contributed by atoms with Gasteiger partial charge in [-0.3, -0.25) is 4.79 Å². The minimum absolute atomic E-state index is 0.0512. The average Bonchev–Trinajstić information content (AvgIpc) is 2.72. The number of hydrogen-bond donors (Lipinski definition) is 0. The zero-order valence-corrected chi connectivity index (χ0v) is 18.2. The summed E-state index contributed by atoms with van der Waals surface area (Å²) in [5.41, 5.74) is 3.77. The molecule has 2 fully saturated rings. The largest absolute Gasteiger partial charge is 0.371 e. The Hall–Kier alpha value is -1.98. The summed E-state index contributed by atoms with van der Waals surface area (Å²) >= 11 is 1.67. The van der Waals surface area contributed by atoms with E-state index in [2.05, 4.69) is 41.8 Å². The first-order chi connectivity index (χ1) is 14.0. The van der Waals surface area contributed by atoms with Crippen LogP contribution < -0.4 is 10.3 Å². The van der Waals surface area contributed by atoms with Gasteiger partial charge in [-0.15, -0.1) is 11.3 Å². The third-order valence-corrected chi connectivity index (χ3v) is 8.04. The second-order valence-electron chi connectivity index (χ2n) is 9.15. The molecule has 0 atom stereocenters. The SMILES string of the molecule is CC(C)N1CCCC2(CCN(c3ccc4nc5ccc(=O)cc-5sc4c3)CC2)C1. The molecule has 1 aromatic carbocycles. The van der Waals surface area contributed by atoms with E-state index in [1.807, 2.05) is 6.07 Å². The molecule has 1 aromatic rings. The lowest BCUT2D eigenvalue weighted by atomic mass is 9.72. The molecule has 152 valence electrons. The lowest BCUT2D eigenvalue weighted by molar-refractivity contribution is 0.0467. The third-order valence-electron chi connectivity index (χ3n) is 6.95. The van der Waals surface area contributed by atoms with Crippen LogP contribution in [0.25, 0.3) is 20.8 Å². The van der Waals surface area contributed by atoms with E-state index in [9.17, 15) is 4.79 Å². The molecule has 0 N–H and O–H groups in total. The van der Waals surface area contributed by atoms with E-state index in [1.165, 1.54) is 44.5 Å². The van der Waals surface area contributed by atoms with Crippen LogP contribution in [0.4, 0.5) is 5.69 Å². The molecule has 3 aliphatic heterocycles. The number of hydrogen-bond acceptors (Lipinski definition) is 5. The minimum Gasteiger partial charge on any atom is -0.371 e. The quantitative estimate of drug-likeness (QED) is 0.569. The summed E-state index contributed by atoms with van der Waals surface area (Å²) < 4.78 is 1.16. The van der Waals surface area contributed by atoms with Gasteiger partial charge in [0, 0.05) is 37.4 Å². The second-order valence-corrected chi connectivity index (χ2v) is 10.2. The fraction of sp³-hybridized carbons (Fsp3) is 0.500.